The Balaban J connectivity index is 0.00000128. The number of aromatic nitrogens is 2. The van der Waals surface area contributed by atoms with E-state index in [1.807, 2.05) is 12.3 Å². The van der Waals surface area contributed by atoms with Crippen LogP contribution in [0.4, 0.5) is 10.9 Å². The van der Waals surface area contributed by atoms with Crippen molar-refractivity contribution in [1.82, 2.24) is 9.97 Å². The standard InChI is InChI=1S/C9H8BrN3OS.ClH/c1-5-4-15-9(12-5)13-8-7(14)2-6(10)3-11-8;/h2-4,14H,1H3,(H,11,12,13);1H. The third kappa shape index (κ3) is 3.07. The number of thiazole rings is 1. The van der Waals surface area contributed by atoms with Crippen molar-refractivity contribution in [2.24, 2.45) is 0 Å². The van der Waals surface area contributed by atoms with Crippen molar-refractivity contribution >= 4 is 50.6 Å². The highest BCUT2D eigenvalue weighted by molar-refractivity contribution is 9.10. The molecule has 4 nitrogen and oxygen atoms in total. The van der Waals surface area contributed by atoms with Crippen molar-refractivity contribution in [3.8, 4) is 5.75 Å². The smallest absolute Gasteiger partial charge is 0.188 e. The summed E-state index contributed by atoms with van der Waals surface area (Å²) >= 11 is 4.69. The zero-order valence-corrected chi connectivity index (χ0v) is 11.5. The van der Waals surface area contributed by atoms with E-state index in [-0.39, 0.29) is 18.2 Å². The number of aryl methyl sites for hydroxylation is 1. The molecule has 0 aromatic carbocycles. The molecule has 0 amide bonds. The van der Waals surface area contributed by atoms with E-state index in [2.05, 4.69) is 31.2 Å². The lowest BCUT2D eigenvalue weighted by molar-refractivity contribution is 0.475. The molecule has 0 saturated heterocycles. The average Bonchev–Trinajstić information content (AvgIpc) is 2.56. The number of halogens is 2. The maximum Gasteiger partial charge on any atom is 0.188 e. The summed E-state index contributed by atoms with van der Waals surface area (Å²) in [7, 11) is 0. The van der Waals surface area contributed by atoms with Gasteiger partial charge in [-0.2, -0.15) is 0 Å². The Kier molecular flexibility index (Phi) is 4.52. The molecule has 0 fully saturated rings. The summed E-state index contributed by atoms with van der Waals surface area (Å²) in [4.78, 5) is 8.26. The summed E-state index contributed by atoms with van der Waals surface area (Å²) in [5.74, 6) is 0.504. The van der Waals surface area contributed by atoms with E-state index in [0.717, 1.165) is 15.3 Å². The first-order valence-electron chi connectivity index (χ1n) is 4.19. The summed E-state index contributed by atoms with van der Waals surface area (Å²) in [6.45, 7) is 1.91. The predicted octanol–water partition coefficient (Wildman–Crippen LogP) is 3.48. The Bertz CT molecular complexity index is 491. The molecule has 0 aliphatic heterocycles. The van der Waals surface area contributed by atoms with Crippen LogP contribution in [0, 0.1) is 6.92 Å². The molecule has 2 rings (SSSR count). The van der Waals surface area contributed by atoms with Crippen molar-refractivity contribution in [1.29, 1.82) is 0 Å². The molecule has 7 heteroatoms. The fourth-order valence-corrected chi connectivity index (χ4v) is 2.04. The van der Waals surface area contributed by atoms with E-state index in [1.54, 1.807) is 12.3 Å². The fraction of sp³-hybridized carbons (Fsp3) is 0.111. The maximum absolute atomic E-state index is 9.58. The van der Waals surface area contributed by atoms with Gasteiger partial charge < -0.3 is 10.4 Å². The first-order chi connectivity index (χ1) is 7.15. The molecule has 16 heavy (non-hydrogen) atoms. The summed E-state index contributed by atoms with van der Waals surface area (Å²) in [6.07, 6.45) is 1.61. The van der Waals surface area contributed by atoms with Gasteiger partial charge in [-0.1, -0.05) is 0 Å². The highest BCUT2D eigenvalue weighted by Crippen LogP contribution is 2.28. The largest absolute Gasteiger partial charge is 0.504 e. The molecule has 0 saturated carbocycles. The minimum Gasteiger partial charge on any atom is -0.504 e. The van der Waals surface area contributed by atoms with Gasteiger partial charge in [0, 0.05) is 16.0 Å². The molecule has 2 heterocycles. The molecule has 2 N–H and O–H groups in total. The van der Waals surface area contributed by atoms with E-state index in [4.69, 9.17) is 0 Å². The van der Waals surface area contributed by atoms with E-state index in [1.165, 1.54) is 11.3 Å². The molecule has 86 valence electrons. The number of nitrogens with one attached hydrogen (secondary N) is 1. The molecule has 0 aliphatic rings. The van der Waals surface area contributed by atoms with Crippen LogP contribution in [0.2, 0.25) is 0 Å². The summed E-state index contributed by atoms with van der Waals surface area (Å²) in [6, 6.07) is 1.58. The first kappa shape index (κ1) is 13.2. The summed E-state index contributed by atoms with van der Waals surface area (Å²) in [5, 5.41) is 15.2. The lowest BCUT2D eigenvalue weighted by Gasteiger charge is -2.03. The quantitative estimate of drug-likeness (QED) is 0.889. The second kappa shape index (κ2) is 5.47. The van der Waals surface area contributed by atoms with Crippen LogP contribution in [0.3, 0.4) is 0 Å². The minimum atomic E-state index is 0. The van der Waals surface area contributed by atoms with E-state index in [0.29, 0.717) is 5.82 Å². The Hall–Kier alpha value is -0.850. The minimum absolute atomic E-state index is 0. The van der Waals surface area contributed by atoms with Gasteiger partial charge in [-0.3, -0.25) is 0 Å². The van der Waals surface area contributed by atoms with E-state index in [9.17, 15) is 5.11 Å². The van der Waals surface area contributed by atoms with E-state index < -0.39 is 0 Å². The Morgan fingerprint density at radius 1 is 1.50 bits per heavy atom. The van der Waals surface area contributed by atoms with Crippen molar-refractivity contribution < 1.29 is 5.11 Å². The third-order valence-corrected chi connectivity index (χ3v) is 2.99. The topological polar surface area (TPSA) is 58.0 Å². The van der Waals surface area contributed by atoms with Crippen LogP contribution in [-0.2, 0) is 0 Å². The van der Waals surface area contributed by atoms with Crippen LogP contribution >= 0.6 is 39.7 Å². The Morgan fingerprint density at radius 2 is 2.25 bits per heavy atom. The van der Waals surface area contributed by atoms with Gasteiger partial charge in [0.2, 0.25) is 0 Å². The van der Waals surface area contributed by atoms with Gasteiger partial charge in [-0.25, -0.2) is 9.97 Å². The zero-order chi connectivity index (χ0) is 10.8. The van der Waals surface area contributed by atoms with Crippen LogP contribution in [0.25, 0.3) is 0 Å². The van der Waals surface area contributed by atoms with Crippen LogP contribution in [0.5, 0.6) is 5.75 Å². The molecule has 0 unspecified atom stereocenters. The third-order valence-electron chi connectivity index (χ3n) is 1.68. The van der Waals surface area contributed by atoms with E-state index >= 15 is 0 Å². The van der Waals surface area contributed by atoms with Crippen molar-refractivity contribution in [2.45, 2.75) is 6.92 Å². The molecular formula is C9H9BrClN3OS. The molecule has 0 atom stereocenters. The van der Waals surface area contributed by atoms with Crippen LogP contribution < -0.4 is 5.32 Å². The molecule has 2 aromatic rings. The number of nitrogens with zero attached hydrogens (tertiary/aromatic N) is 2. The maximum atomic E-state index is 9.58. The second-order valence-corrected chi connectivity index (χ2v) is 4.71. The van der Waals surface area contributed by atoms with Gasteiger partial charge in [0.15, 0.2) is 16.7 Å². The molecule has 0 bridgehead atoms. The molecule has 0 aliphatic carbocycles. The predicted molar refractivity (Wildman–Crippen MR) is 71.0 cm³/mol. The highest BCUT2D eigenvalue weighted by Gasteiger charge is 2.05. The van der Waals surface area contributed by atoms with Gasteiger partial charge in [0.25, 0.3) is 0 Å². The number of hydrogen-bond donors (Lipinski definition) is 2. The number of pyridine rings is 1. The SMILES string of the molecule is Cc1csc(Nc2ncc(Br)cc2O)n1.Cl. The summed E-state index contributed by atoms with van der Waals surface area (Å²) in [5.41, 5.74) is 0.944. The highest BCUT2D eigenvalue weighted by atomic mass is 79.9. The molecule has 2 aromatic heterocycles. The van der Waals surface area contributed by atoms with Gasteiger partial charge in [-0.05, 0) is 28.9 Å². The molecule has 0 radical (unpaired) electrons. The molecule has 0 spiro atoms. The van der Waals surface area contributed by atoms with Crippen molar-refractivity contribution in [2.75, 3.05) is 5.32 Å². The zero-order valence-electron chi connectivity index (χ0n) is 8.27. The number of anilines is 2. The fourth-order valence-electron chi connectivity index (χ4n) is 1.04. The monoisotopic (exact) mass is 321 g/mol. The van der Waals surface area contributed by atoms with Gasteiger partial charge in [-0.15, -0.1) is 23.7 Å². The first-order valence-corrected chi connectivity index (χ1v) is 5.86. The van der Waals surface area contributed by atoms with Crippen LogP contribution in [0.1, 0.15) is 5.69 Å². The van der Waals surface area contributed by atoms with Crippen LogP contribution in [0.15, 0.2) is 22.1 Å². The number of aromatic hydroxyl groups is 1. The van der Waals surface area contributed by atoms with Gasteiger partial charge >= 0.3 is 0 Å². The second-order valence-electron chi connectivity index (χ2n) is 2.94. The Labute approximate surface area is 111 Å². The van der Waals surface area contributed by atoms with Crippen molar-refractivity contribution in [3.63, 3.8) is 0 Å². The summed E-state index contributed by atoms with van der Waals surface area (Å²) < 4.78 is 0.737. The van der Waals surface area contributed by atoms with Gasteiger partial charge in [0.05, 0.1) is 5.69 Å². The van der Waals surface area contributed by atoms with Crippen LogP contribution in [-0.4, -0.2) is 15.1 Å². The lowest BCUT2D eigenvalue weighted by atomic mass is 10.4. The molecular weight excluding hydrogens is 314 g/mol. The average molecular weight is 323 g/mol. The normalized spacial score (nSPS) is 9.62. The number of rotatable bonds is 2. The number of hydrogen-bond acceptors (Lipinski definition) is 5. The lowest BCUT2D eigenvalue weighted by Crippen LogP contribution is -1.93. The van der Waals surface area contributed by atoms with Crippen molar-refractivity contribution in [3.05, 3.63) is 27.8 Å². The van der Waals surface area contributed by atoms with Gasteiger partial charge in [0.1, 0.15) is 0 Å². The Morgan fingerprint density at radius 3 is 2.81 bits per heavy atom.